The van der Waals surface area contributed by atoms with E-state index in [1.54, 1.807) is 29.2 Å². The third-order valence-corrected chi connectivity index (χ3v) is 6.09. The SMILES string of the molecule is CC(C)CC(=O)Nc1ccc(N2CCCN(C(=O)NC(C)(C)C)CC2)c(C(=O)NCc2ccc(F)cc2)c1. The molecule has 0 aromatic heterocycles. The summed E-state index contributed by atoms with van der Waals surface area (Å²) in [5.41, 5.74) is 2.17. The largest absolute Gasteiger partial charge is 0.369 e. The van der Waals surface area contributed by atoms with Crippen molar-refractivity contribution in [3.8, 4) is 0 Å². The van der Waals surface area contributed by atoms with Gasteiger partial charge in [-0.05, 0) is 69.0 Å². The number of halogens is 1. The summed E-state index contributed by atoms with van der Waals surface area (Å²) in [5, 5.41) is 8.83. The molecule has 1 aliphatic rings. The average molecular weight is 526 g/mol. The van der Waals surface area contributed by atoms with Crippen LogP contribution in [0.25, 0.3) is 0 Å². The fraction of sp³-hybridized carbons (Fsp3) is 0.483. The summed E-state index contributed by atoms with van der Waals surface area (Å²) in [5.74, 6) is -0.529. The highest BCUT2D eigenvalue weighted by Gasteiger charge is 2.25. The van der Waals surface area contributed by atoms with E-state index in [1.807, 2.05) is 40.7 Å². The highest BCUT2D eigenvalue weighted by molar-refractivity contribution is 6.02. The molecule has 38 heavy (non-hydrogen) atoms. The maximum Gasteiger partial charge on any atom is 0.317 e. The molecule has 1 saturated heterocycles. The maximum atomic E-state index is 13.4. The number of benzene rings is 2. The van der Waals surface area contributed by atoms with Crippen LogP contribution in [0.1, 0.15) is 63.4 Å². The lowest BCUT2D eigenvalue weighted by molar-refractivity contribution is -0.116. The van der Waals surface area contributed by atoms with Gasteiger partial charge in [-0.2, -0.15) is 0 Å². The number of rotatable bonds is 7. The van der Waals surface area contributed by atoms with E-state index in [0.29, 0.717) is 43.9 Å². The molecule has 3 N–H and O–H groups in total. The summed E-state index contributed by atoms with van der Waals surface area (Å²) in [7, 11) is 0. The molecule has 0 atom stereocenters. The Bertz CT molecular complexity index is 1130. The van der Waals surface area contributed by atoms with Crippen LogP contribution in [0.2, 0.25) is 0 Å². The van der Waals surface area contributed by atoms with Crippen LogP contribution in [0.15, 0.2) is 42.5 Å². The minimum absolute atomic E-state index is 0.0974. The van der Waals surface area contributed by atoms with Crippen molar-refractivity contribution >= 4 is 29.2 Å². The molecule has 3 rings (SSSR count). The first-order valence-electron chi connectivity index (χ1n) is 13.2. The molecule has 206 valence electrons. The van der Waals surface area contributed by atoms with Gasteiger partial charge in [0.25, 0.3) is 5.91 Å². The Hall–Kier alpha value is -3.62. The van der Waals surface area contributed by atoms with E-state index in [1.165, 1.54) is 12.1 Å². The Kier molecular flexibility index (Phi) is 9.72. The lowest BCUT2D eigenvalue weighted by Gasteiger charge is -2.28. The Labute approximate surface area is 225 Å². The van der Waals surface area contributed by atoms with Crippen molar-refractivity contribution in [1.29, 1.82) is 0 Å². The molecular weight excluding hydrogens is 485 g/mol. The topological polar surface area (TPSA) is 93.8 Å². The number of nitrogens with one attached hydrogen (secondary N) is 3. The molecule has 0 bridgehead atoms. The fourth-order valence-corrected chi connectivity index (χ4v) is 4.30. The summed E-state index contributed by atoms with van der Waals surface area (Å²) in [6, 6.07) is 11.2. The van der Waals surface area contributed by atoms with Gasteiger partial charge in [0.2, 0.25) is 5.91 Å². The van der Waals surface area contributed by atoms with Crippen molar-refractivity contribution in [2.75, 3.05) is 36.4 Å². The second kappa shape index (κ2) is 12.8. The molecule has 0 radical (unpaired) electrons. The molecule has 1 fully saturated rings. The molecule has 1 heterocycles. The van der Waals surface area contributed by atoms with Crippen molar-refractivity contribution in [3.63, 3.8) is 0 Å². The van der Waals surface area contributed by atoms with Gasteiger partial charge >= 0.3 is 6.03 Å². The number of hydrogen-bond acceptors (Lipinski definition) is 4. The molecule has 2 aromatic rings. The maximum absolute atomic E-state index is 13.4. The Morgan fingerprint density at radius 3 is 2.34 bits per heavy atom. The molecule has 0 saturated carbocycles. The first kappa shape index (κ1) is 28.9. The monoisotopic (exact) mass is 525 g/mol. The minimum Gasteiger partial charge on any atom is -0.369 e. The van der Waals surface area contributed by atoms with Gasteiger partial charge in [0, 0.05) is 56.1 Å². The van der Waals surface area contributed by atoms with Crippen LogP contribution in [0.4, 0.5) is 20.6 Å². The number of amides is 4. The van der Waals surface area contributed by atoms with E-state index < -0.39 is 0 Å². The quantitative estimate of drug-likeness (QED) is 0.486. The normalized spacial score (nSPS) is 14.2. The number of anilines is 2. The first-order valence-corrected chi connectivity index (χ1v) is 13.2. The zero-order valence-electron chi connectivity index (χ0n) is 23.1. The number of urea groups is 1. The summed E-state index contributed by atoms with van der Waals surface area (Å²) in [4.78, 5) is 42.4. The van der Waals surface area contributed by atoms with E-state index in [4.69, 9.17) is 0 Å². The second-order valence-corrected chi connectivity index (χ2v) is 11.2. The molecule has 2 aromatic carbocycles. The summed E-state index contributed by atoms with van der Waals surface area (Å²) in [6.45, 7) is 12.4. The Morgan fingerprint density at radius 2 is 1.68 bits per heavy atom. The smallest absolute Gasteiger partial charge is 0.317 e. The molecule has 0 unspecified atom stereocenters. The zero-order valence-corrected chi connectivity index (χ0v) is 23.1. The predicted octanol–water partition coefficient (Wildman–Crippen LogP) is 4.76. The van der Waals surface area contributed by atoms with Gasteiger partial charge in [-0.3, -0.25) is 9.59 Å². The second-order valence-electron chi connectivity index (χ2n) is 11.2. The standard InChI is InChI=1S/C29H40FN5O3/c1-20(2)17-26(36)32-23-11-12-25(24(18-23)27(37)31-19-21-7-9-22(30)10-8-21)34-13-6-14-35(16-15-34)28(38)33-29(3,4)5/h7-12,18,20H,6,13-17,19H2,1-5H3,(H,31,37)(H,32,36)(H,33,38). The van der Waals surface area contributed by atoms with E-state index in [9.17, 15) is 18.8 Å². The highest BCUT2D eigenvalue weighted by Crippen LogP contribution is 2.26. The van der Waals surface area contributed by atoms with Crippen LogP contribution in [0, 0.1) is 11.7 Å². The average Bonchev–Trinajstić information content (AvgIpc) is 3.08. The van der Waals surface area contributed by atoms with E-state index in [0.717, 1.165) is 17.7 Å². The van der Waals surface area contributed by atoms with Gasteiger partial charge in [-0.1, -0.05) is 26.0 Å². The molecule has 4 amide bonds. The van der Waals surface area contributed by atoms with Crippen molar-refractivity contribution in [2.45, 2.75) is 59.5 Å². The number of hydrogen-bond donors (Lipinski definition) is 3. The number of carbonyl (C=O) groups is 3. The molecule has 9 heteroatoms. The van der Waals surface area contributed by atoms with Crippen molar-refractivity contribution < 1.29 is 18.8 Å². The van der Waals surface area contributed by atoms with Crippen LogP contribution < -0.4 is 20.9 Å². The minimum atomic E-state index is -0.335. The van der Waals surface area contributed by atoms with E-state index in [2.05, 4.69) is 20.9 Å². The zero-order chi connectivity index (χ0) is 27.9. The number of nitrogens with zero attached hydrogens (tertiary/aromatic N) is 2. The molecule has 0 spiro atoms. The summed E-state index contributed by atoms with van der Waals surface area (Å²) >= 11 is 0. The van der Waals surface area contributed by atoms with Crippen molar-refractivity contribution in [1.82, 2.24) is 15.5 Å². The molecule has 1 aliphatic heterocycles. The third-order valence-electron chi connectivity index (χ3n) is 6.09. The lowest BCUT2D eigenvalue weighted by atomic mass is 10.1. The van der Waals surface area contributed by atoms with Gasteiger partial charge in [-0.25, -0.2) is 9.18 Å². The van der Waals surface area contributed by atoms with Gasteiger partial charge in [0.1, 0.15) is 5.82 Å². The van der Waals surface area contributed by atoms with Crippen LogP contribution in [-0.4, -0.2) is 54.5 Å². The fourth-order valence-electron chi connectivity index (χ4n) is 4.30. The van der Waals surface area contributed by atoms with Gasteiger partial charge in [0.15, 0.2) is 0 Å². The predicted molar refractivity (Wildman–Crippen MR) is 149 cm³/mol. The summed E-state index contributed by atoms with van der Waals surface area (Å²) < 4.78 is 13.3. The van der Waals surface area contributed by atoms with Crippen LogP contribution in [0.3, 0.4) is 0 Å². The highest BCUT2D eigenvalue weighted by atomic mass is 19.1. The van der Waals surface area contributed by atoms with E-state index >= 15 is 0 Å². The Morgan fingerprint density at radius 1 is 0.974 bits per heavy atom. The van der Waals surface area contributed by atoms with Crippen LogP contribution >= 0.6 is 0 Å². The van der Waals surface area contributed by atoms with Gasteiger partial charge in [-0.15, -0.1) is 0 Å². The van der Waals surface area contributed by atoms with Gasteiger partial charge in [0.05, 0.1) is 5.56 Å². The van der Waals surface area contributed by atoms with Crippen molar-refractivity contribution in [2.24, 2.45) is 5.92 Å². The van der Waals surface area contributed by atoms with E-state index in [-0.39, 0.29) is 41.7 Å². The van der Waals surface area contributed by atoms with Crippen LogP contribution in [-0.2, 0) is 11.3 Å². The molecular formula is C29H40FN5O3. The first-order chi connectivity index (χ1) is 17.9. The third kappa shape index (κ3) is 8.75. The molecule has 0 aliphatic carbocycles. The summed E-state index contributed by atoms with van der Waals surface area (Å²) in [6.07, 6.45) is 1.13. The lowest BCUT2D eigenvalue weighted by Crippen LogP contribution is -2.49. The van der Waals surface area contributed by atoms with Gasteiger partial charge < -0.3 is 25.8 Å². The number of carbonyl (C=O) groups excluding carboxylic acids is 3. The molecule has 8 nitrogen and oxygen atoms in total. The van der Waals surface area contributed by atoms with Crippen LogP contribution in [0.5, 0.6) is 0 Å². The Balaban J connectivity index is 1.80. The van der Waals surface area contributed by atoms with Crippen molar-refractivity contribution in [3.05, 3.63) is 59.4 Å².